The second-order valence-electron chi connectivity index (χ2n) is 5.52. The summed E-state index contributed by atoms with van der Waals surface area (Å²) >= 11 is 0. The summed E-state index contributed by atoms with van der Waals surface area (Å²) in [4.78, 5) is 16.4. The van der Waals surface area contributed by atoms with E-state index in [1.807, 2.05) is 6.92 Å². The highest BCUT2D eigenvalue weighted by molar-refractivity contribution is 5.78. The molecule has 2 atom stereocenters. The van der Waals surface area contributed by atoms with Crippen molar-refractivity contribution in [2.75, 3.05) is 25.0 Å². The predicted octanol–water partition coefficient (Wildman–Crippen LogP) is 1.64. The summed E-state index contributed by atoms with van der Waals surface area (Å²) in [5.41, 5.74) is 2.55. The van der Waals surface area contributed by atoms with Crippen LogP contribution in [0.3, 0.4) is 0 Å². The number of cyclic esters (lactones) is 1. The lowest BCUT2D eigenvalue weighted by atomic mass is 10.1. The van der Waals surface area contributed by atoms with Crippen LogP contribution in [0.5, 0.6) is 0 Å². The molecule has 1 aromatic carbocycles. The highest BCUT2D eigenvalue weighted by atomic mass is 16.6. The van der Waals surface area contributed by atoms with Gasteiger partial charge in [0.05, 0.1) is 0 Å². The Morgan fingerprint density at radius 1 is 1.26 bits per heavy atom. The minimum absolute atomic E-state index is 0.0497. The topological polar surface area (TPSA) is 32.8 Å². The Morgan fingerprint density at radius 3 is 2.79 bits per heavy atom. The summed E-state index contributed by atoms with van der Waals surface area (Å²) in [7, 11) is 2.11. The maximum Gasteiger partial charge on any atom is 0.323 e. The molecular formula is C15H20N2O2. The summed E-state index contributed by atoms with van der Waals surface area (Å²) in [6, 6.07) is 8.35. The van der Waals surface area contributed by atoms with Crippen LogP contribution < -0.4 is 4.90 Å². The number of carbonyl (C=O) groups is 1. The summed E-state index contributed by atoms with van der Waals surface area (Å²) in [6.07, 6.45) is 0.860. The number of fused-ring (bicyclic) bond motifs is 1. The molecule has 102 valence electrons. The molecule has 0 unspecified atom stereocenters. The van der Waals surface area contributed by atoms with Crippen LogP contribution in [0.1, 0.15) is 18.9 Å². The van der Waals surface area contributed by atoms with Gasteiger partial charge in [-0.15, -0.1) is 0 Å². The molecule has 0 radical (unpaired) electrons. The van der Waals surface area contributed by atoms with Gasteiger partial charge in [0.25, 0.3) is 0 Å². The molecule has 0 aromatic heterocycles. The van der Waals surface area contributed by atoms with Crippen LogP contribution in [0.4, 0.5) is 5.69 Å². The third-order valence-corrected chi connectivity index (χ3v) is 4.08. The Bertz CT molecular complexity index is 489. The third-order valence-electron chi connectivity index (χ3n) is 4.08. The number of hydrogen-bond acceptors (Lipinski definition) is 4. The number of carbonyl (C=O) groups excluding carboxylic acids is 1. The summed E-state index contributed by atoms with van der Waals surface area (Å²) in [5.74, 6) is -0.0606. The van der Waals surface area contributed by atoms with Crippen molar-refractivity contribution in [3.63, 3.8) is 0 Å². The van der Waals surface area contributed by atoms with E-state index in [9.17, 15) is 4.79 Å². The minimum Gasteiger partial charge on any atom is -0.461 e. The number of likely N-dealkylation sites (N-methyl/N-ethyl adjacent to an activating group) is 1. The lowest BCUT2D eigenvalue weighted by molar-refractivity contribution is -0.144. The number of hydrogen-bond donors (Lipinski definition) is 0. The average molecular weight is 260 g/mol. The molecule has 1 saturated heterocycles. The van der Waals surface area contributed by atoms with Crippen LogP contribution in [-0.4, -0.2) is 43.2 Å². The second-order valence-corrected chi connectivity index (χ2v) is 5.52. The zero-order chi connectivity index (χ0) is 13.4. The van der Waals surface area contributed by atoms with Crippen LogP contribution in [0.2, 0.25) is 0 Å². The van der Waals surface area contributed by atoms with Crippen molar-refractivity contribution in [2.24, 2.45) is 0 Å². The molecule has 0 aliphatic carbocycles. The number of ether oxygens (including phenoxy) is 1. The lowest BCUT2D eigenvalue weighted by Gasteiger charge is -2.24. The first-order valence-electron chi connectivity index (χ1n) is 6.89. The van der Waals surface area contributed by atoms with Crippen LogP contribution in [0.15, 0.2) is 24.3 Å². The van der Waals surface area contributed by atoms with E-state index in [-0.39, 0.29) is 18.1 Å². The first kappa shape index (κ1) is 12.5. The molecule has 2 aliphatic rings. The lowest BCUT2D eigenvalue weighted by Crippen LogP contribution is -2.40. The fraction of sp³-hybridized carbons (Fsp3) is 0.533. The number of anilines is 1. The van der Waals surface area contributed by atoms with E-state index in [4.69, 9.17) is 4.74 Å². The van der Waals surface area contributed by atoms with Crippen molar-refractivity contribution in [2.45, 2.75) is 32.0 Å². The van der Waals surface area contributed by atoms with Gasteiger partial charge in [-0.05, 0) is 18.6 Å². The molecule has 3 rings (SSSR count). The molecule has 1 aromatic rings. The Hall–Kier alpha value is -1.55. The van der Waals surface area contributed by atoms with Crippen molar-refractivity contribution < 1.29 is 9.53 Å². The van der Waals surface area contributed by atoms with Gasteiger partial charge in [0.2, 0.25) is 0 Å². The number of rotatable bonds is 1. The van der Waals surface area contributed by atoms with Gasteiger partial charge < -0.3 is 9.64 Å². The molecule has 19 heavy (non-hydrogen) atoms. The van der Waals surface area contributed by atoms with E-state index in [0.29, 0.717) is 0 Å². The van der Waals surface area contributed by atoms with Gasteiger partial charge in [-0.1, -0.05) is 18.2 Å². The minimum atomic E-state index is -0.0745. The first-order valence-corrected chi connectivity index (χ1v) is 6.89. The highest BCUT2D eigenvalue weighted by Gasteiger charge is 2.37. The van der Waals surface area contributed by atoms with Crippen molar-refractivity contribution in [3.8, 4) is 0 Å². The average Bonchev–Trinajstić information content (AvgIpc) is 2.64. The van der Waals surface area contributed by atoms with Crippen LogP contribution in [0, 0.1) is 0 Å². The maximum absolute atomic E-state index is 11.9. The summed E-state index contributed by atoms with van der Waals surface area (Å²) < 4.78 is 5.29. The van der Waals surface area contributed by atoms with Gasteiger partial charge in [0.1, 0.15) is 12.1 Å². The van der Waals surface area contributed by atoms with E-state index in [0.717, 1.165) is 26.1 Å². The van der Waals surface area contributed by atoms with Crippen LogP contribution in [-0.2, 0) is 16.1 Å². The molecule has 4 nitrogen and oxygen atoms in total. The largest absolute Gasteiger partial charge is 0.461 e. The van der Waals surface area contributed by atoms with Crippen LogP contribution >= 0.6 is 0 Å². The van der Waals surface area contributed by atoms with Crippen molar-refractivity contribution in [3.05, 3.63) is 29.8 Å². The van der Waals surface area contributed by atoms with Gasteiger partial charge in [-0.3, -0.25) is 9.69 Å². The van der Waals surface area contributed by atoms with Gasteiger partial charge >= 0.3 is 5.97 Å². The number of nitrogens with zero attached hydrogens (tertiary/aromatic N) is 2. The van der Waals surface area contributed by atoms with E-state index < -0.39 is 0 Å². The Kier molecular flexibility index (Phi) is 3.19. The standard InChI is InChI=1S/C15H20N2O2/c1-11-9-14(15(18)19-11)17-8-7-16(2)13-6-4-3-5-12(13)10-17/h3-6,11,14H,7-10H2,1-2H3/t11-,14+/m0/s1. The van der Waals surface area contributed by atoms with Gasteiger partial charge in [0, 0.05) is 38.8 Å². The molecular weight excluding hydrogens is 240 g/mol. The Balaban J connectivity index is 1.85. The fourth-order valence-electron chi connectivity index (χ4n) is 3.01. The van der Waals surface area contributed by atoms with Crippen molar-refractivity contribution >= 4 is 11.7 Å². The second kappa shape index (κ2) is 4.85. The Labute approximate surface area is 113 Å². The monoisotopic (exact) mass is 260 g/mol. The predicted molar refractivity (Wildman–Crippen MR) is 74.1 cm³/mol. The molecule has 0 bridgehead atoms. The zero-order valence-electron chi connectivity index (χ0n) is 11.5. The molecule has 2 aliphatic heterocycles. The molecule has 4 heteroatoms. The quantitative estimate of drug-likeness (QED) is 0.719. The fourth-order valence-corrected chi connectivity index (χ4v) is 3.01. The van der Waals surface area contributed by atoms with E-state index in [1.54, 1.807) is 0 Å². The number of esters is 1. The maximum atomic E-state index is 11.9. The molecule has 0 spiro atoms. The Morgan fingerprint density at radius 2 is 2.05 bits per heavy atom. The normalized spacial score (nSPS) is 27.9. The SMILES string of the molecule is C[C@H]1C[C@@H](N2CCN(C)c3ccccc3C2)C(=O)O1. The van der Waals surface area contributed by atoms with E-state index >= 15 is 0 Å². The summed E-state index contributed by atoms with van der Waals surface area (Å²) in [5, 5.41) is 0. The van der Waals surface area contributed by atoms with E-state index in [1.165, 1.54) is 11.3 Å². The highest BCUT2D eigenvalue weighted by Crippen LogP contribution is 2.28. The van der Waals surface area contributed by atoms with Crippen LogP contribution in [0.25, 0.3) is 0 Å². The molecule has 0 saturated carbocycles. The molecule has 1 fully saturated rings. The van der Waals surface area contributed by atoms with E-state index in [2.05, 4.69) is 41.1 Å². The van der Waals surface area contributed by atoms with Crippen molar-refractivity contribution in [1.29, 1.82) is 0 Å². The summed E-state index contributed by atoms with van der Waals surface area (Å²) in [6.45, 7) is 4.63. The van der Waals surface area contributed by atoms with Gasteiger partial charge in [0.15, 0.2) is 0 Å². The smallest absolute Gasteiger partial charge is 0.323 e. The van der Waals surface area contributed by atoms with Gasteiger partial charge in [-0.2, -0.15) is 0 Å². The molecule has 0 N–H and O–H groups in total. The van der Waals surface area contributed by atoms with Crippen molar-refractivity contribution in [1.82, 2.24) is 4.90 Å². The first-order chi connectivity index (χ1) is 9.15. The molecule has 2 heterocycles. The number of benzene rings is 1. The van der Waals surface area contributed by atoms with Gasteiger partial charge in [-0.25, -0.2) is 0 Å². The molecule has 0 amide bonds. The third kappa shape index (κ3) is 2.32. The zero-order valence-corrected chi connectivity index (χ0v) is 11.5. The number of para-hydroxylation sites is 1.